The molecule has 0 bridgehead atoms. The molecule has 0 unspecified atom stereocenters. The molecular weight excluding hydrogens is 500 g/mol. The Morgan fingerprint density at radius 2 is 1.41 bits per heavy atom. The summed E-state index contributed by atoms with van der Waals surface area (Å²) < 4.78 is 43.2. The Morgan fingerprint density at radius 3 is 1.97 bits per heavy atom. The molecule has 0 aliphatic carbocycles. The van der Waals surface area contributed by atoms with Gasteiger partial charge in [-0.05, 0) is 49.4 Å². The van der Waals surface area contributed by atoms with Crippen LogP contribution in [0.4, 0.5) is 11.4 Å². The van der Waals surface area contributed by atoms with E-state index >= 15 is 0 Å². The van der Waals surface area contributed by atoms with Crippen molar-refractivity contribution in [2.45, 2.75) is 11.8 Å². The van der Waals surface area contributed by atoms with Gasteiger partial charge < -0.3 is 19.5 Å². The Labute approximate surface area is 214 Å². The number of nitrogens with zero attached hydrogens (tertiary/aromatic N) is 1. The molecule has 0 atom stereocenters. The first-order valence-corrected chi connectivity index (χ1v) is 12.6. The minimum atomic E-state index is -4.19. The average molecular weight is 527 g/mol. The molecule has 0 aromatic heterocycles. The highest BCUT2D eigenvalue weighted by Crippen LogP contribution is 2.32. The summed E-state index contributed by atoms with van der Waals surface area (Å²) in [5, 5.41) is 2.55. The number of para-hydroxylation sites is 2. The van der Waals surface area contributed by atoms with Gasteiger partial charge in [-0.2, -0.15) is 0 Å². The molecule has 1 N–H and O–H groups in total. The summed E-state index contributed by atoms with van der Waals surface area (Å²) in [7, 11) is -1.84. The van der Waals surface area contributed by atoms with E-state index in [9.17, 15) is 22.8 Å². The van der Waals surface area contributed by atoms with Crippen molar-refractivity contribution in [3.8, 4) is 5.75 Å². The van der Waals surface area contributed by atoms with Crippen molar-refractivity contribution in [2.75, 3.05) is 37.0 Å². The largest absolute Gasteiger partial charge is 0.492 e. The van der Waals surface area contributed by atoms with Crippen LogP contribution in [-0.4, -0.2) is 53.6 Å². The predicted molar refractivity (Wildman–Crippen MR) is 136 cm³/mol. The molecular formula is C26H26N2O8S. The maximum Gasteiger partial charge on any atom is 0.337 e. The molecule has 11 heteroatoms. The first-order valence-electron chi connectivity index (χ1n) is 11.1. The first-order chi connectivity index (χ1) is 17.7. The van der Waals surface area contributed by atoms with E-state index in [1.165, 1.54) is 50.6 Å². The molecule has 3 aromatic rings. The van der Waals surface area contributed by atoms with Gasteiger partial charge in [0.2, 0.25) is 5.91 Å². The molecule has 0 spiro atoms. The van der Waals surface area contributed by atoms with E-state index in [-0.39, 0.29) is 39.8 Å². The second-order valence-electron chi connectivity index (χ2n) is 7.56. The van der Waals surface area contributed by atoms with Gasteiger partial charge in [-0.3, -0.25) is 9.10 Å². The van der Waals surface area contributed by atoms with E-state index < -0.39 is 34.4 Å². The fraction of sp³-hybridized carbons (Fsp3) is 0.192. The van der Waals surface area contributed by atoms with Crippen molar-refractivity contribution >= 4 is 39.2 Å². The van der Waals surface area contributed by atoms with Gasteiger partial charge in [-0.1, -0.05) is 30.3 Å². The highest BCUT2D eigenvalue weighted by Gasteiger charge is 2.29. The molecule has 0 saturated heterocycles. The topological polar surface area (TPSA) is 128 Å². The molecule has 3 rings (SSSR count). The lowest BCUT2D eigenvalue weighted by Crippen LogP contribution is -2.38. The zero-order valence-corrected chi connectivity index (χ0v) is 21.3. The number of ether oxygens (including phenoxy) is 3. The molecule has 194 valence electrons. The Hall–Kier alpha value is -4.38. The third-order valence-electron chi connectivity index (χ3n) is 5.11. The quantitative estimate of drug-likeness (QED) is 0.398. The molecule has 0 aliphatic rings. The summed E-state index contributed by atoms with van der Waals surface area (Å²) in [6.07, 6.45) is 0. The maximum absolute atomic E-state index is 13.6. The zero-order chi connectivity index (χ0) is 27.0. The fourth-order valence-corrected chi connectivity index (χ4v) is 4.91. The number of esters is 2. The van der Waals surface area contributed by atoms with Crippen LogP contribution >= 0.6 is 0 Å². The predicted octanol–water partition coefficient (Wildman–Crippen LogP) is 3.49. The molecule has 0 saturated carbocycles. The van der Waals surface area contributed by atoms with Gasteiger partial charge in [-0.15, -0.1) is 0 Å². The number of carbonyl (C=O) groups excluding carboxylic acids is 3. The number of hydrogen-bond donors (Lipinski definition) is 1. The number of sulfonamides is 1. The normalized spacial score (nSPS) is 10.8. The highest BCUT2D eigenvalue weighted by molar-refractivity contribution is 7.92. The van der Waals surface area contributed by atoms with Gasteiger partial charge >= 0.3 is 11.9 Å². The number of carbonyl (C=O) groups is 3. The van der Waals surface area contributed by atoms with Crippen molar-refractivity contribution in [2.24, 2.45) is 0 Å². The first kappa shape index (κ1) is 27.2. The van der Waals surface area contributed by atoms with E-state index in [1.807, 2.05) is 0 Å². The molecule has 10 nitrogen and oxygen atoms in total. The van der Waals surface area contributed by atoms with Crippen LogP contribution in [0.5, 0.6) is 5.75 Å². The van der Waals surface area contributed by atoms with Crippen molar-refractivity contribution in [1.29, 1.82) is 0 Å². The lowest BCUT2D eigenvalue weighted by atomic mass is 10.1. The van der Waals surface area contributed by atoms with Crippen molar-refractivity contribution in [3.05, 3.63) is 83.9 Å². The van der Waals surface area contributed by atoms with Crippen molar-refractivity contribution < 1.29 is 37.0 Å². The Kier molecular flexibility index (Phi) is 8.86. The van der Waals surface area contributed by atoms with Crippen LogP contribution in [0.15, 0.2) is 77.7 Å². The monoisotopic (exact) mass is 526 g/mol. The number of nitrogens with one attached hydrogen (secondary N) is 1. The average Bonchev–Trinajstić information content (AvgIpc) is 2.91. The third-order valence-corrected chi connectivity index (χ3v) is 6.89. The maximum atomic E-state index is 13.6. The molecule has 0 aliphatic heterocycles. The number of methoxy groups -OCH3 is 2. The minimum Gasteiger partial charge on any atom is -0.492 e. The third kappa shape index (κ3) is 6.44. The van der Waals surface area contributed by atoms with Gasteiger partial charge in [-0.25, -0.2) is 18.0 Å². The van der Waals surface area contributed by atoms with E-state index in [0.29, 0.717) is 0 Å². The van der Waals surface area contributed by atoms with Gasteiger partial charge in [0, 0.05) is 5.69 Å². The van der Waals surface area contributed by atoms with E-state index in [2.05, 4.69) is 5.32 Å². The van der Waals surface area contributed by atoms with Crippen LogP contribution in [0.2, 0.25) is 0 Å². The van der Waals surface area contributed by atoms with Crippen molar-refractivity contribution in [1.82, 2.24) is 0 Å². The van der Waals surface area contributed by atoms with E-state index in [1.54, 1.807) is 43.3 Å². The molecule has 37 heavy (non-hydrogen) atoms. The van der Waals surface area contributed by atoms with Crippen LogP contribution in [0, 0.1) is 0 Å². The minimum absolute atomic E-state index is 0.00356. The molecule has 0 heterocycles. The summed E-state index contributed by atoms with van der Waals surface area (Å²) in [5.74, 6) is -1.93. The van der Waals surface area contributed by atoms with E-state index in [0.717, 1.165) is 4.31 Å². The standard InChI is InChI=1S/C26H26N2O8S/c1-4-36-23-13-9-8-12-22(23)28(37(32,33)21-10-6-5-7-11-21)17-24(29)27-20-15-18(25(30)34-2)14-19(16-20)26(31)35-3/h5-16H,4,17H2,1-3H3,(H,27,29). The molecule has 3 aromatic carbocycles. The summed E-state index contributed by atoms with van der Waals surface area (Å²) in [5.41, 5.74) is 0.234. The number of anilines is 2. The van der Waals surface area contributed by atoms with Gasteiger partial charge in [0.15, 0.2) is 0 Å². The Balaban J connectivity index is 2.01. The fourth-order valence-electron chi connectivity index (χ4n) is 3.46. The van der Waals surface area contributed by atoms with Gasteiger partial charge in [0.05, 0.1) is 42.5 Å². The van der Waals surface area contributed by atoms with Gasteiger partial charge in [0.1, 0.15) is 12.3 Å². The lowest BCUT2D eigenvalue weighted by molar-refractivity contribution is -0.114. The van der Waals surface area contributed by atoms with Gasteiger partial charge in [0.25, 0.3) is 10.0 Å². The summed E-state index contributed by atoms with van der Waals surface area (Å²) in [4.78, 5) is 37.3. The zero-order valence-electron chi connectivity index (χ0n) is 20.5. The smallest absolute Gasteiger partial charge is 0.337 e. The number of benzene rings is 3. The second kappa shape index (κ2) is 12.0. The van der Waals surface area contributed by atoms with Crippen LogP contribution in [0.3, 0.4) is 0 Å². The Morgan fingerprint density at radius 1 is 0.838 bits per heavy atom. The molecule has 0 fully saturated rings. The van der Waals surface area contributed by atoms with Crippen LogP contribution in [0.25, 0.3) is 0 Å². The summed E-state index contributed by atoms with van der Waals surface area (Å²) >= 11 is 0. The summed E-state index contributed by atoms with van der Waals surface area (Å²) in [6, 6.07) is 18.0. The number of amides is 1. The Bertz CT molecular complexity index is 1360. The number of hydrogen-bond acceptors (Lipinski definition) is 8. The van der Waals surface area contributed by atoms with Crippen LogP contribution < -0.4 is 14.4 Å². The van der Waals surface area contributed by atoms with Crippen LogP contribution in [0.1, 0.15) is 27.6 Å². The lowest BCUT2D eigenvalue weighted by Gasteiger charge is -2.26. The van der Waals surface area contributed by atoms with Crippen LogP contribution in [-0.2, 0) is 24.3 Å². The van der Waals surface area contributed by atoms with Crippen molar-refractivity contribution in [3.63, 3.8) is 0 Å². The second-order valence-corrected chi connectivity index (χ2v) is 9.42. The molecule has 1 amide bonds. The SMILES string of the molecule is CCOc1ccccc1N(CC(=O)Nc1cc(C(=O)OC)cc(C(=O)OC)c1)S(=O)(=O)c1ccccc1. The number of rotatable bonds is 10. The molecule has 0 radical (unpaired) electrons. The summed E-state index contributed by atoms with van der Waals surface area (Å²) in [6.45, 7) is 1.41. The highest BCUT2D eigenvalue weighted by atomic mass is 32.2. The van der Waals surface area contributed by atoms with E-state index in [4.69, 9.17) is 14.2 Å².